The number of benzene rings is 1. The van der Waals surface area contributed by atoms with Crippen molar-refractivity contribution in [3.63, 3.8) is 0 Å². The smallest absolute Gasteiger partial charge is 0.335 e. The molecule has 0 fully saturated rings. The molecule has 0 aliphatic rings. The second-order valence-corrected chi connectivity index (χ2v) is 3.73. The van der Waals surface area contributed by atoms with E-state index in [2.05, 4.69) is 15.4 Å². The van der Waals surface area contributed by atoms with E-state index in [9.17, 15) is 4.79 Å². The fourth-order valence-corrected chi connectivity index (χ4v) is 1.43. The molecule has 0 bridgehead atoms. The summed E-state index contributed by atoms with van der Waals surface area (Å²) < 4.78 is 4.95. The van der Waals surface area contributed by atoms with Crippen LogP contribution in [0, 0.1) is 13.8 Å². The van der Waals surface area contributed by atoms with Crippen LogP contribution in [0.25, 0.3) is 0 Å². The van der Waals surface area contributed by atoms with Gasteiger partial charge in [-0.2, -0.15) is 5.11 Å². The lowest BCUT2D eigenvalue weighted by Crippen LogP contribution is -1.94. The Kier molecular flexibility index (Phi) is 3.18. The van der Waals surface area contributed by atoms with Crippen LogP contribution in [-0.4, -0.2) is 16.2 Å². The predicted octanol–water partition coefficient (Wildman–Crippen LogP) is 3.41. The SMILES string of the molecule is Cc1noc(C)c1N=Nc1cccc(C(=O)O)c1. The molecule has 2 aromatic rings. The highest BCUT2D eigenvalue weighted by molar-refractivity contribution is 5.88. The summed E-state index contributed by atoms with van der Waals surface area (Å²) in [5.74, 6) is -0.421. The molecule has 1 heterocycles. The van der Waals surface area contributed by atoms with Crippen LogP contribution in [0.15, 0.2) is 39.0 Å². The van der Waals surface area contributed by atoms with Gasteiger partial charge in [-0.25, -0.2) is 4.79 Å². The predicted molar refractivity (Wildman–Crippen MR) is 63.6 cm³/mol. The Morgan fingerprint density at radius 2 is 2.11 bits per heavy atom. The molecule has 1 aromatic heterocycles. The lowest BCUT2D eigenvalue weighted by molar-refractivity contribution is 0.0697. The molecule has 0 radical (unpaired) electrons. The summed E-state index contributed by atoms with van der Waals surface area (Å²) in [4.78, 5) is 10.8. The van der Waals surface area contributed by atoms with Gasteiger partial charge in [0.25, 0.3) is 0 Å². The van der Waals surface area contributed by atoms with E-state index < -0.39 is 5.97 Å². The summed E-state index contributed by atoms with van der Waals surface area (Å²) in [5.41, 5.74) is 1.85. The molecular weight excluding hydrogens is 234 g/mol. The third-order valence-electron chi connectivity index (χ3n) is 2.35. The second-order valence-electron chi connectivity index (χ2n) is 3.73. The van der Waals surface area contributed by atoms with Gasteiger partial charge >= 0.3 is 5.97 Å². The molecule has 0 spiro atoms. The highest BCUT2D eigenvalue weighted by atomic mass is 16.5. The van der Waals surface area contributed by atoms with Crippen LogP contribution < -0.4 is 0 Å². The molecular formula is C12H11N3O3. The lowest BCUT2D eigenvalue weighted by atomic mass is 10.2. The van der Waals surface area contributed by atoms with Crippen LogP contribution >= 0.6 is 0 Å². The van der Waals surface area contributed by atoms with Crippen molar-refractivity contribution in [2.45, 2.75) is 13.8 Å². The van der Waals surface area contributed by atoms with Gasteiger partial charge in [-0.1, -0.05) is 11.2 Å². The van der Waals surface area contributed by atoms with Crippen molar-refractivity contribution >= 4 is 17.3 Å². The van der Waals surface area contributed by atoms with E-state index in [-0.39, 0.29) is 5.56 Å². The summed E-state index contributed by atoms with van der Waals surface area (Å²) in [6, 6.07) is 6.24. The van der Waals surface area contributed by atoms with Gasteiger partial charge in [-0.15, -0.1) is 5.11 Å². The Morgan fingerprint density at radius 1 is 1.33 bits per heavy atom. The van der Waals surface area contributed by atoms with Gasteiger partial charge in [0.15, 0.2) is 11.4 Å². The minimum atomic E-state index is -0.996. The van der Waals surface area contributed by atoms with Gasteiger partial charge in [-0.3, -0.25) is 0 Å². The second kappa shape index (κ2) is 4.79. The van der Waals surface area contributed by atoms with Crippen molar-refractivity contribution in [3.8, 4) is 0 Å². The molecule has 2 rings (SSSR count). The number of carbonyl (C=O) groups is 1. The van der Waals surface area contributed by atoms with Gasteiger partial charge in [-0.05, 0) is 32.0 Å². The van der Waals surface area contributed by atoms with Crippen molar-refractivity contribution in [1.29, 1.82) is 0 Å². The largest absolute Gasteiger partial charge is 0.478 e. The molecule has 0 saturated carbocycles. The first-order chi connectivity index (χ1) is 8.58. The van der Waals surface area contributed by atoms with E-state index >= 15 is 0 Å². The molecule has 0 unspecified atom stereocenters. The summed E-state index contributed by atoms with van der Waals surface area (Å²) in [6.07, 6.45) is 0. The quantitative estimate of drug-likeness (QED) is 0.839. The third-order valence-corrected chi connectivity index (χ3v) is 2.35. The minimum absolute atomic E-state index is 0.171. The molecule has 0 aliphatic heterocycles. The highest BCUT2D eigenvalue weighted by Gasteiger charge is 2.07. The van der Waals surface area contributed by atoms with Gasteiger partial charge < -0.3 is 9.63 Å². The minimum Gasteiger partial charge on any atom is -0.478 e. The van der Waals surface area contributed by atoms with Crippen LogP contribution in [0.3, 0.4) is 0 Å². The molecule has 18 heavy (non-hydrogen) atoms. The van der Waals surface area contributed by atoms with Gasteiger partial charge in [0.1, 0.15) is 5.69 Å². The van der Waals surface area contributed by atoms with Crippen LogP contribution in [0.1, 0.15) is 21.8 Å². The number of azo groups is 1. The molecule has 92 valence electrons. The van der Waals surface area contributed by atoms with Crippen LogP contribution in [0.5, 0.6) is 0 Å². The zero-order valence-electron chi connectivity index (χ0n) is 9.91. The van der Waals surface area contributed by atoms with E-state index in [4.69, 9.17) is 9.63 Å². The number of nitrogens with zero attached hydrogens (tertiary/aromatic N) is 3. The zero-order valence-corrected chi connectivity index (χ0v) is 9.91. The number of aromatic carboxylic acids is 1. The lowest BCUT2D eigenvalue weighted by Gasteiger charge is -1.95. The van der Waals surface area contributed by atoms with Gasteiger partial charge in [0, 0.05) is 0 Å². The van der Waals surface area contributed by atoms with E-state index in [1.54, 1.807) is 26.0 Å². The Labute approximate surface area is 103 Å². The van der Waals surface area contributed by atoms with Crippen LogP contribution in [0.4, 0.5) is 11.4 Å². The molecule has 1 aromatic carbocycles. The number of carboxylic acid groups (broad SMARTS) is 1. The van der Waals surface area contributed by atoms with Gasteiger partial charge in [0.2, 0.25) is 0 Å². The molecule has 6 heteroatoms. The first-order valence-electron chi connectivity index (χ1n) is 5.26. The maximum Gasteiger partial charge on any atom is 0.335 e. The van der Waals surface area contributed by atoms with Crippen molar-refractivity contribution in [2.75, 3.05) is 0 Å². The monoisotopic (exact) mass is 245 g/mol. The molecule has 0 aliphatic carbocycles. The Balaban J connectivity index is 2.29. The van der Waals surface area contributed by atoms with Crippen LogP contribution in [0.2, 0.25) is 0 Å². The molecule has 0 saturated heterocycles. The third kappa shape index (κ3) is 2.42. The molecule has 1 N–H and O–H groups in total. The maximum absolute atomic E-state index is 10.8. The first kappa shape index (κ1) is 12.0. The Morgan fingerprint density at radius 3 is 2.72 bits per heavy atom. The number of aryl methyl sites for hydroxylation is 2. The molecule has 6 nitrogen and oxygen atoms in total. The first-order valence-corrected chi connectivity index (χ1v) is 5.26. The zero-order chi connectivity index (χ0) is 13.1. The summed E-state index contributed by atoms with van der Waals surface area (Å²) in [7, 11) is 0. The topological polar surface area (TPSA) is 88.0 Å². The average Bonchev–Trinajstić information content (AvgIpc) is 2.67. The van der Waals surface area contributed by atoms with E-state index in [1.807, 2.05) is 0 Å². The highest BCUT2D eigenvalue weighted by Crippen LogP contribution is 2.25. The number of carboxylic acids is 1. The van der Waals surface area contributed by atoms with Gasteiger partial charge in [0.05, 0.1) is 11.3 Å². The van der Waals surface area contributed by atoms with Crippen molar-refractivity contribution in [2.24, 2.45) is 10.2 Å². The maximum atomic E-state index is 10.8. The normalized spacial score (nSPS) is 11.0. The fraction of sp³-hybridized carbons (Fsp3) is 0.167. The van der Waals surface area contributed by atoms with E-state index in [0.717, 1.165) is 0 Å². The summed E-state index contributed by atoms with van der Waals surface area (Å²) in [6.45, 7) is 3.50. The molecule has 0 atom stereocenters. The van der Waals surface area contributed by atoms with E-state index in [1.165, 1.54) is 12.1 Å². The molecule has 0 amide bonds. The number of hydrogen-bond donors (Lipinski definition) is 1. The van der Waals surface area contributed by atoms with Crippen molar-refractivity contribution in [3.05, 3.63) is 41.3 Å². The number of rotatable bonds is 3. The summed E-state index contributed by atoms with van der Waals surface area (Å²) >= 11 is 0. The Hall–Kier alpha value is -2.50. The van der Waals surface area contributed by atoms with Crippen molar-refractivity contribution in [1.82, 2.24) is 5.16 Å². The number of hydrogen-bond acceptors (Lipinski definition) is 5. The van der Waals surface area contributed by atoms with Crippen molar-refractivity contribution < 1.29 is 14.4 Å². The Bertz CT molecular complexity index is 597. The van der Waals surface area contributed by atoms with Crippen LogP contribution in [-0.2, 0) is 0 Å². The standard InChI is InChI=1S/C12H11N3O3/c1-7-11(8(2)18-15-7)14-13-10-5-3-4-9(6-10)12(16)17/h3-6H,1-2H3,(H,16,17). The number of aromatic nitrogens is 1. The average molecular weight is 245 g/mol. The van der Waals surface area contributed by atoms with E-state index in [0.29, 0.717) is 22.8 Å². The fourth-order valence-electron chi connectivity index (χ4n) is 1.43. The summed E-state index contributed by atoms with van der Waals surface area (Å²) in [5, 5.41) is 20.6.